The zero-order chi connectivity index (χ0) is 14.0. The van der Waals surface area contributed by atoms with E-state index in [2.05, 4.69) is 24.5 Å². The van der Waals surface area contributed by atoms with E-state index in [1.54, 1.807) is 19.2 Å². The number of benzene rings is 1. The number of amides is 1. The van der Waals surface area contributed by atoms with Crippen LogP contribution in [0.4, 0.5) is 11.4 Å². The van der Waals surface area contributed by atoms with Crippen molar-refractivity contribution < 1.29 is 4.79 Å². The number of hydrogen-bond donors (Lipinski definition) is 3. The van der Waals surface area contributed by atoms with Crippen LogP contribution in [0.1, 0.15) is 43.5 Å². The average Bonchev–Trinajstić information content (AvgIpc) is 2.70. The molecule has 1 atom stereocenters. The van der Waals surface area contributed by atoms with E-state index in [1.807, 2.05) is 6.07 Å². The number of rotatable bonds is 3. The SMILES string of the molecule is CNC(=O)c1ccc(N)c(NC2CCC(C)(C)C2)c1. The van der Waals surface area contributed by atoms with Gasteiger partial charge in [0.2, 0.25) is 0 Å². The fourth-order valence-electron chi connectivity index (χ4n) is 2.75. The van der Waals surface area contributed by atoms with Gasteiger partial charge < -0.3 is 16.4 Å². The number of hydrogen-bond acceptors (Lipinski definition) is 3. The van der Waals surface area contributed by atoms with Crippen molar-refractivity contribution in [2.45, 2.75) is 39.2 Å². The van der Waals surface area contributed by atoms with Crippen molar-refractivity contribution in [2.24, 2.45) is 5.41 Å². The van der Waals surface area contributed by atoms with Gasteiger partial charge in [0.15, 0.2) is 0 Å². The minimum Gasteiger partial charge on any atom is -0.397 e. The molecular weight excluding hydrogens is 238 g/mol. The highest BCUT2D eigenvalue weighted by Crippen LogP contribution is 2.38. The highest BCUT2D eigenvalue weighted by molar-refractivity contribution is 5.96. The Labute approximate surface area is 114 Å². The van der Waals surface area contributed by atoms with E-state index < -0.39 is 0 Å². The molecule has 2 rings (SSSR count). The number of nitrogens with one attached hydrogen (secondary N) is 2. The molecule has 1 aliphatic carbocycles. The monoisotopic (exact) mass is 261 g/mol. The first kappa shape index (κ1) is 13.7. The van der Waals surface area contributed by atoms with Crippen molar-refractivity contribution in [3.05, 3.63) is 23.8 Å². The lowest BCUT2D eigenvalue weighted by Gasteiger charge is -2.19. The zero-order valence-electron chi connectivity index (χ0n) is 11.9. The molecule has 104 valence electrons. The highest BCUT2D eigenvalue weighted by Gasteiger charge is 2.31. The molecule has 0 heterocycles. The summed E-state index contributed by atoms with van der Waals surface area (Å²) in [6, 6.07) is 5.81. The van der Waals surface area contributed by atoms with Crippen LogP contribution >= 0.6 is 0 Å². The molecule has 4 N–H and O–H groups in total. The van der Waals surface area contributed by atoms with E-state index in [4.69, 9.17) is 5.73 Å². The molecule has 0 saturated heterocycles. The van der Waals surface area contributed by atoms with Gasteiger partial charge in [-0.25, -0.2) is 0 Å². The van der Waals surface area contributed by atoms with E-state index in [1.165, 1.54) is 6.42 Å². The summed E-state index contributed by atoms with van der Waals surface area (Å²) in [5.74, 6) is -0.0881. The first-order valence-corrected chi connectivity index (χ1v) is 6.79. The van der Waals surface area contributed by atoms with Crippen molar-refractivity contribution in [1.29, 1.82) is 0 Å². The molecule has 4 heteroatoms. The molecular formula is C15H23N3O. The van der Waals surface area contributed by atoms with Gasteiger partial charge in [0.1, 0.15) is 0 Å². The molecule has 1 aromatic rings. The van der Waals surface area contributed by atoms with E-state index in [9.17, 15) is 4.79 Å². The van der Waals surface area contributed by atoms with Crippen LogP contribution in [-0.4, -0.2) is 19.0 Å². The summed E-state index contributed by atoms with van der Waals surface area (Å²) in [5.41, 5.74) is 8.57. The Bertz CT molecular complexity index is 482. The van der Waals surface area contributed by atoms with Gasteiger partial charge in [-0.1, -0.05) is 13.8 Å². The van der Waals surface area contributed by atoms with Crippen LogP contribution in [0.15, 0.2) is 18.2 Å². The maximum Gasteiger partial charge on any atom is 0.251 e. The van der Waals surface area contributed by atoms with Gasteiger partial charge in [0.25, 0.3) is 5.91 Å². The molecule has 0 aliphatic heterocycles. The Balaban J connectivity index is 2.14. The zero-order valence-corrected chi connectivity index (χ0v) is 11.9. The van der Waals surface area contributed by atoms with Gasteiger partial charge in [-0.2, -0.15) is 0 Å². The Kier molecular flexibility index (Phi) is 3.69. The second-order valence-corrected chi connectivity index (χ2v) is 6.13. The number of nitrogens with two attached hydrogens (primary N) is 1. The van der Waals surface area contributed by atoms with Crippen LogP contribution in [0.3, 0.4) is 0 Å². The van der Waals surface area contributed by atoms with Crippen LogP contribution < -0.4 is 16.4 Å². The van der Waals surface area contributed by atoms with E-state index in [0.717, 1.165) is 18.5 Å². The molecule has 1 unspecified atom stereocenters. The molecule has 1 aliphatic rings. The van der Waals surface area contributed by atoms with Crippen LogP contribution in [0.2, 0.25) is 0 Å². The number of carbonyl (C=O) groups is 1. The van der Waals surface area contributed by atoms with Crippen LogP contribution in [-0.2, 0) is 0 Å². The van der Waals surface area contributed by atoms with E-state index >= 15 is 0 Å². The topological polar surface area (TPSA) is 67.2 Å². The smallest absolute Gasteiger partial charge is 0.251 e. The van der Waals surface area contributed by atoms with Crippen molar-refractivity contribution in [2.75, 3.05) is 18.1 Å². The predicted molar refractivity (Wildman–Crippen MR) is 79.3 cm³/mol. The van der Waals surface area contributed by atoms with Gasteiger partial charge in [0, 0.05) is 18.7 Å². The van der Waals surface area contributed by atoms with Crippen molar-refractivity contribution >= 4 is 17.3 Å². The molecule has 4 nitrogen and oxygen atoms in total. The lowest BCUT2D eigenvalue weighted by Crippen LogP contribution is -2.20. The second-order valence-electron chi connectivity index (χ2n) is 6.13. The third-order valence-corrected chi connectivity index (χ3v) is 3.87. The molecule has 0 bridgehead atoms. The number of carbonyl (C=O) groups excluding carboxylic acids is 1. The summed E-state index contributed by atoms with van der Waals surface area (Å²) in [4.78, 5) is 11.6. The van der Waals surface area contributed by atoms with E-state index in [-0.39, 0.29) is 5.91 Å². The molecule has 1 amide bonds. The molecule has 0 aromatic heterocycles. The molecule has 0 spiro atoms. The first-order valence-electron chi connectivity index (χ1n) is 6.79. The summed E-state index contributed by atoms with van der Waals surface area (Å²) in [6.07, 6.45) is 3.51. The first-order chi connectivity index (χ1) is 8.91. The quantitative estimate of drug-likeness (QED) is 0.733. The fourth-order valence-corrected chi connectivity index (χ4v) is 2.75. The van der Waals surface area contributed by atoms with Crippen LogP contribution in [0, 0.1) is 5.41 Å². The van der Waals surface area contributed by atoms with Gasteiger partial charge in [-0.05, 0) is 42.9 Å². The Hall–Kier alpha value is -1.71. The Morgan fingerprint density at radius 2 is 2.16 bits per heavy atom. The van der Waals surface area contributed by atoms with Crippen molar-refractivity contribution in [3.63, 3.8) is 0 Å². The predicted octanol–water partition coefficient (Wildman–Crippen LogP) is 2.62. The number of nitrogen functional groups attached to an aromatic ring is 1. The average molecular weight is 261 g/mol. The van der Waals surface area contributed by atoms with Crippen LogP contribution in [0.5, 0.6) is 0 Å². The molecule has 1 fully saturated rings. The molecule has 1 aromatic carbocycles. The summed E-state index contributed by atoms with van der Waals surface area (Å²) in [5, 5.41) is 6.11. The third-order valence-electron chi connectivity index (χ3n) is 3.87. The van der Waals surface area contributed by atoms with Crippen molar-refractivity contribution in [1.82, 2.24) is 5.32 Å². The maximum atomic E-state index is 11.6. The summed E-state index contributed by atoms with van der Waals surface area (Å²) < 4.78 is 0. The standard InChI is InChI=1S/C15H23N3O/c1-15(2)7-6-11(9-15)18-13-8-10(14(19)17-3)4-5-12(13)16/h4-5,8,11,18H,6-7,9,16H2,1-3H3,(H,17,19). The Morgan fingerprint density at radius 1 is 1.42 bits per heavy atom. The minimum atomic E-state index is -0.0881. The van der Waals surface area contributed by atoms with Gasteiger partial charge in [0.05, 0.1) is 11.4 Å². The third kappa shape index (κ3) is 3.19. The largest absolute Gasteiger partial charge is 0.397 e. The second kappa shape index (κ2) is 5.11. The summed E-state index contributed by atoms with van der Waals surface area (Å²) in [7, 11) is 1.63. The number of anilines is 2. The van der Waals surface area contributed by atoms with Crippen molar-refractivity contribution in [3.8, 4) is 0 Å². The normalized spacial score (nSPS) is 21.1. The van der Waals surface area contributed by atoms with Crippen LogP contribution in [0.25, 0.3) is 0 Å². The minimum absolute atomic E-state index is 0.0881. The summed E-state index contributed by atoms with van der Waals surface area (Å²) in [6.45, 7) is 4.58. The highest BCUT2D eigenvalue weighted by atomic mass is 16.1. The van der Waals surface area contributed by atoms with Gasteiger partial charge in [-0.3, -0.25) is 4.79 Å². The lowest BCUT2D eigenvalue weighted by molar-refractivity contribution is 0.0963. The molecule has 19 heavy (non-hydrogen) atoms. The maximum absolute atomic E-state index is 11.6. The lowest BCUT2D eigenvalue weighted by atomic mass is 9.92. The van der Waals surface area contributed by atoms with Gasteiger partial charge >= 0.3 is 0 Å². The molecule has 1 saturated carbocycles. The Morgan fingerprint density at radius 3 is 2.74 bits per heavy atom. The van der Waals surface area contributed by atoms with Gasteiger partial charge in [-0.15, -0.1) is 0 Å². The fraction of sp³-hybridized carbons (Fsp3) is 0.533. The summed E-state index contributed by atoms with van der Waals surface area (Å²) >= 11 is 0. The van der Waals surface area contributed by atoms with E-state index in [0.29, 0.717) is 22.7 Å². The molecule has 0 radical (unpaired) electrons.